The topological polar surface area (TPSA) is 49.4 Å². The number of nitrogens with zero attached hydrogens (tertiary/aromatic N) is 1. The Hall–Kier alpha value is -0.710. The van der Waals surface area contributed by atoms with Crippen molar-refractivity contribution in [3.05, 3.63) is 0 Å². The zero-order valence-electron chi connectivity index (χ0n) is 10.7. The molecule has 4 nitrogen and oxygen atoms in total. The van der Waals surface area contributed by atoms with Crippen LogP contribution in [0.5, 0.6) is 0 Å². The molecular formula is C11H22N2O2S. The summed E-state index contributed by atoms with van der Waals surface area (Å²) >= 11 is 4.09. The average molecular weight is 246 g/mol. The van der Waals surface area contributed by atoms with E-state index < -0.39 is 6.04 Å². The van der Waals surface area contributed by atoms with Gasteiger partial charge in [0.05, 0.1) is 0 Å². The van der Waals surface area contributed by atoms with Crippen molar-refractivity contribution in [2.75, 3.05) is 12.8 Å². The highest BCUT2D eigenvalue weighted by molar-refractivity contribution is 7.80. The van der Waals surface area contributed by atoms with E-state index in [1.807, 2.05) is 20.8 Å². The highest BCUT2D eigenvalue weighted by Crippen LogP contribution is 2.17. The molecule has 1 N–H and O–H groups in total. The molecule has 94 valence electrons. The van der Waals surface area contributed by atoms with Gasteiger partial charge >= 0.3 is 0 Å². The van der Waals surface area contributed by atoms with Gasteiger partial charge in [-0.1, -0.05) is 6.92 Å². The number of hydrogen-bond acceptors (Lipinski definition) is 3. The Morgan fingerprint density at radius 3 is 2.25 bits per heavy atom. The molecule has 0 fully saturated rings. The summed E-state index contributed by atoms with van der Waals surface area (Å²) in [4.78, 5) is 24.7. The number of amides is 2. The third-order valence-electron chi connectivity index (χ3n) is 2.96. The lowest BCUT2D eigenvalue weighted by Gasteiger charge is -2.37. The molecule has 0 aromatic heterocycles. The molecule has 0 heterocycles. The van der Waals surface area contributed by atoms with Crippen LogP contribution in [0, 0.1) is 0 Å². The molecule has 0 aliphatic heterocycles. The second-order valence-corrected chi connectivity index (χ2v) is 4.86. The van der Waals surface area contributed by atoms with Crippen LogP contribution < -0.4 is 5.32 Å². The van der Waals surface area contributed by atoms with E-state index in [0.29, 0.717) is 5.75 Å². The average Bonchev–Trinajstić information content (AvgIpc) is 2.23. The zero-order chi connectivity index (χ0) is 12.9. The van der Waals surface area contributed by atoms with Crippen LogP contribution in [-0.2, 0) is 9.59 Å². The first-order valence-corrected chi connectivity index (χ1v) is 6.05. The fourth-order valence-electron chi connectivity index (χ4n) is 1.20. The lowest BCUT2D eigenvalue weighted by atomic mass is 9.99. The van der Waals surface area contributed by atoms with E-state index in [2.05, 4.69) is 17.9 Å². The van der Waals surface area contributed by atoms with E-state index in [4.69, 9.17) is 0 Å². The van der Waals surface area contributed by atoms with Gasteiger partial charge in [-0.3, -0.25) is 9.59 Å². The van der Waals surface area contributed by atoms with Gasteiger partial charge in [-0.25, -0.2) is 0 Å². The SMILES string of the molecule is CCC(C)(C)N(C)C(=O)C(CS)NC(C)=O. The Kier molecular flexibility index (Phi) is 5.86. The van der Waals surface area contributed by atoms with Crippen LogP contribution in [-0.4, -0.2) is 41.1 Å². The van der Waals surface area contributed by atoms with Crippen molar-refractivity contribution in [3.8, 4) is 0 Å². The third-order valence-corrected chi connectivity index (χ3v) is 3.33. The largest absolute Gasteiger partial charge is 0.344 e. The highest BCUT2D eigenvalue weighted by Gasteiger charge is 2.30. The number of nitrogens with one attached hydrogen (secondary N) is 1. The second-order valence-electron chi connectivity index (χ2n) is 4.50. The number of carbonyl (C=O) groups excluding carboxylic acids is 2. The first kappa shape index (κ1) is 15.3. The fraction of sp³-hybridized carbons (Fsp3) is 0.818. The van der Waals surface area contributed by atoms with Crippen molar-refractivity contribution in [2.24, 2.45) is 0 Å². The van der Waals surface area contributed by atoms with Crippen molar-refractivity contribution in [2.45, 2.75) is 45.7 Å². The van der Waals surface area contributed by atoms with E-state index in [1.54, 1.807) is 11.9 Å². The number of rotatable bonds is 5. The Morgan fingerprint density at radius 1 is 1.44 bits per heavy atom. The van der Waals surface area contributed by atoms with E-state index in [0.717, 1.165) is 6.42 Å². The summed E-state index contributed by atoms with van der Waals surface area (Å²) in [6, 6.07) is -0.545. The van der Waals surface area contributed by atoms with Crippen molar-refractivity contribution in [1.29, 1.82) is 0 Å². The number of thiol groups is 1. The van der Waals surface area contributed by atoms with Crippen LogP contribution in [0.1, 0.15) is 34.1 Å². The van der Waals surface area contributed by atoms with Gasteiger partial charge in [0.1, 0.15) is 6.04 Å². The van der Waals surface area contributed by atoms with E-state index in [9.17, 15) is 9.59 Å². The first-order chi connectivity index (χ1) is 7.26. The molecule has 1 unspecified atom stereocenters. The minimum atomic E-state index is -0.545. The highest BCUT2D eigenvalue weighted by atomic mass is 32.1. The molecule has 0 saturated carbocycles. The standard InChI is InChI=1S/C11H22N2O2S/c1-6-11(3,4)13(5)10(15)9(7-16)12-8(2)14/h9,16H,6-7H2,1-5H3,(H,12,14). The summed E-state index contributed by atoms with van der Waals surface area (Å²) in [5, 5.41) is 2.60. The second kappa shape index (κ2) is 6.13. The van der Waals surface area contributed by atoms with Crippen LogP contribution >= 0.6 is 12.6 Å². The van der Waals surface area contributed by atoms with Crippen molar-refractivity contribution < 1.29 is 9.59 Å². The molecule has 0 aliphatic carbocycles. The van der Waals surface area contributed by atoms with Crippen LogP contribution in [0.4, 0.5) is 0 Å². The maximum Gasteiger partial charge on any atom is 0.246 e. The summed E-state index contributed by atoms with van der Waals surface area (Å²) in [7, 11) is 1.75. The molecule has 0 aromatic carbocycles. The van der Waals surface area contributed by atoms with Gasteiger partial charge in [0, 0.05) is 25.3 Å². The van der Waals surface area contributed by atoms with Gasteiger partial charge < -0.3 is 10.2 Å². The Morgan fingerprint density at radius 2 is 1.94 bits per heavy atom. The summed E-state index contributed by atoms with van der Waals surface area (Å²) in [5.41, 5.74) is -0.212. The molecule has 0 aliphatic rings. The zero-order valence-corrected chi connectivity index (χ0v) is 11.6. The minimum absolute atomic E-state index is 0.1000. The summed E-state index contributed by atoms with van der Waals surface area (Å²) in [5.74, 6) is -0.00474. The molecule has 16 heavy (non-hydrogen) atoms. The van der Waals surface area contributed by atoms with Gasteiger partial charge in [-0.2, -0.15) is 12.6 Å². The van der Waals surface area contributed by atoms with E-state index in [1.165, 1.54) is 6.92 Å². The molecule has 0 rings (SSSR count). The van der Waals surface area contributed by atoms with Crippen LogP contribution in [0.15, 0.2) is 0 Å². The Balaban J connectivity index is 4.68. The molecule has 0 aromatic rings. The summed E-state index contributed by atoms with van der Waals surface area (Å²) in [6.45, 7) is 7.41. The predicted molar refractivity (Wildman–Crippen MR) is 68.6 cm³/mol. The molecule has 1 atom stereocenters. The van der Waals surface area contributed by atoms with Gasteiger partial charge in [0.15, 0.2) is 0 Å². The number of likely N-dealkylation sites (N-methyl/N-ethyl adjacent to an activating group) is 1. The molecule has 0 saturated heterocycles. The quantitative estimate of drug-likeness (QED) is 0.713. The fourth-order valence-corrected chi connectivity index (χ4v) is 1.45. The molecular weight excluding hydrogens is 224 g/mol. The van der Waals surface area contributed by atoms with Crippen molar-refractivity contribution in [3.63, 3.8) is 0 Å². The summed E-state index contributed by atoms with van der Waals surface area (Å²) in [6.07, 6.45) is 0.856. The first-order valence-electron chi connectivity index (χ1n) is 5.42. The molecule has 5 heteroatoms. The molecule has 0 bridgehead atoms. The van der Waals surface area contributed by atoms with E-state index in [-0.39, 0.29) is 17.4 Å². The van der Waals surface area contributed by atoms with Crippen LogP contribution in [0.25, 0.3) is 0 Å². The summed E-state index contributed by atoms with van der Waals surface area (Å²) < 4.78 is 0. The number of carbonyl (C=O) groups is 2. The van der Waals surface area contributed by atoms with Gasteiger partial charge in [-0.05, 0) is 20.3 Å². The smallest absolute Gasteiger partial charge is 0.246 e. The number of hydrogen-bond donors (Lipinski definition) is 2. The van der Waals surface area contributed by atoms with Crippen LogP contribution in [0.3, 0.4) is 0 Å². The monoisotopic (exact) mass is 246 g/mol. The van der Waals surface area contributed by atoms with Gasteiger partial charge in [-0.15, -0.1) is 0 Å². The van der Waals surface area contributed by atoms with Gasteiger partial charge in [0.2, 0.25) is 11.8 Å². The predicted octanol–water partition coefficient (Wildman–Crippen LogP) is 1.07. The Bertz CT molecular complexity index is 267. The van der Waals surface area contributed by atoms with Crippen molar-refractivity contribution >= 4 is 24.4 Å². The Labute approximate surface area is 103 Å². The lowest BCUT2D eigenvalue weighted by molar-refractivity contribution is -0.138. The third kappa shape index (κ3) is 4.04. The normalized spacial score (nSPS) is 13.1. The molecule has 0 radical (unpaired) electrons. The lowest BCUT2D eigenvalue weighted by Crippen LogP contribution is -2.54. The van der Waals surface area contributed by atoms with Gasteiger partial charge in [0.25, 0.3) is 0 Å². The van der Waals surface area contributed by atoms with E-state index >= 15 is 0 Å². The van der Waals surface area contributed by atoms with Crippen LogP contribution in [0.2, 0.25) is 0 Å². The molecule has 2 amide bonds. The molecule has 0 spiro atoms. The maximum absolute atomic E-state index is 12.1. The van der Waals surface area contributed by atoms with Crippen molar-refractivity contribution in [1.82, 2.24) is 10.2 Å². The minimum Gasteiger partial charge on any atom is -0.344 e. The maximum atomic E-state index is 12.1.